The molecule has 0 atom stereocenters. The lowest BCUT2D eigenvalue weighted by molar-refractivity contribution is -0.140. The molecule has 0 unspecified atom stereocenters. The van der Waals surface area contributed by atoms with Gasteiger partial charge < -0.3 is 9.88 Å². The second-order valence-corrected chi connectivity index (χ2v) is 7.43. The fourth-order valence-electron chi connectivity index (χ4n) is 2.87. The highest BCUT2D eigenvalue weighted by Gasteiger charge is 2.28. The molecule has 26 heavy (non-hydrogen) atoms. The Morgan fingerprint density at radius 3 is 2.35 bits per heavy atom. The van der Waals surface area contributed by atoms with Crippen LogP contribution in [0.2, 0.25) is 0 Å². The number of fused-ring (bicyclic) bond motifs is 1. The van der Waals surface area contributed by atoms with Crippen molar-refractivity contribution in [3.8, 4) is 0 Å². The van der Waals surface area contributed by atoms with Gasteiger partial charge in [-0.15, -0.1) is 0 Å². The fraction of sp³-hybridized carbons (Fsp3) is 0.286. The molecule has 1 amide bonds. The first-order valence-corrected chi connectivity index (χ1v) is 8.66. The van der Waals surface area contributed by atoms with Crippen molar-refractivity contribution in [2.75, 3.05) is 0 Å². The average molecular weight is 349 g/mol. The summed E-state index contributed by atoms with van der Waals surface area (Å²) in [4.78, 5) is 34.3. The van der Waals surface area contributed by atoms with E-state index in [0.29, 0.717) is 23.3 Å². The van der Waals surface area contributed by atoms with Crippen LogP contribution in [-0.2, 0) is 17.9 Å². The van der Waals surface area contributed by atoms with Crippen molar-refractivity contribution < 1.29 is 4.79 Å². The fourth-order valence-corrected chi connectivity index (χ4v) is 2.87. The zero-order valence-electron chi connectivity index (χ0n) is 15.3. The molecular weight excluding hydrogens is 326 g/mol. The van der Waals surface area contributed by atoms with Gasteiger partial charge >= 0.3 is 0 Å². The van der Waals surface area contributed by atoms with E-state index in [0.717, 1.165) is 5.56 Å². The minimum Gasteiger partial charge on any atom is -0.330 e. The Kier molecular flexibility index (Phi) is 4.89. The second-order valence-electron chi connectivity index (χ2n) is 7.43. The van der Waals surface area contributed by atoms with Crippen molar-refractivity contribution in [2.45, 2.75) is 33.9 Å². The Balaban J connectivity index is 1.95. The molecule has 1 aromatic heterocycles. The van der Waals surface area contributed by atoms with Crippen LogP contribution in [0, 0.1) is 5.41 Å². The first kappa shape index (κ1) is 17.9. The quantitative estimate of drug-likeness (QED) is 0.784. The number of nitrogens with zero attached hydrogens (tertiary/aromatic N) is 2. The maximum atomic E-state index is 12.9. The summed E-state index contributed by atoms with van der Waals surface area (Å²) in [6, 6.07) is 17.0. The molecule has 0 aliphatic heterocycles. The molecule has 5 heteroatoms. The first-order chi connectivity index (χ1) is 12.3. The van der Waals surface area contributed by atoms with Crippen LogP contribution in [0.1, 0.15) is 32.2 Å². The molecule has 0 radical (unpaired) electrons. The predicted octanol–water partition coefficient (Wildman–Crippen LogP) is 3.50. The molecule has 1 heterocycles. The molecule has 134 valence electrons. The minimum absolute atomic E-state index is 0.0113. The highest BCUT2D eigenvalue weighted by molar-refractivity contribution is 5.81. The number of amides is 1. The first-order valence-electron chi connectivity index (χ1n) is 8.66. The Hall–Kier alpha value is -2.95. The Morgan fingerprint density at radius 2 is 1.65 bits per heavy atom. The molecular formula is C21H23N3O2. The van der Waals surface area contributed by atoms with E-state index in [9.17, 15) is 9.59 Å². The molecule has 0 saturated carbocycles. The van der Waals surface area contributed by atoms with E-state index in [2.05, 4.69) is 9.97 Å². The van der Waals surface area contributed by atoms with E-state index in [1.54, 1.807) is 17.0 Å². The number of benzene rings is 2. The highest BCUT2D eigenvalue weighted by atomic mass is 16.2. The smallest absolute Gasteiger partial charge is 0.258 e. The molecule has 1 N–H and O–H groups in total. The SMILES string of the molecule is CC(C)(C)C(=O)N(Cc1ccccc1)Cc1nc2ccccc2c(=O)[nH]1. The van der Waals surface area contributed by atoms with E-state index >= 15 is 0 Å². The lowest BCUT2D eigenvalue weighted by Crippen LogP contribution is -2.39. The Morgan fingerprint density at radius 1 is 1.00 bits per heavy atom. The number of H-pyrrole nitrogens is 1. The number of aromatic nitrogens is 2. The molecule has 2 aromatic carbocycles. The molecule has 0 saturated heterocycles. The average Bonchev–Trinajstić information content (AvgIpc) is 2.61. The van der Waals surface area contributed by atoms with E-state index in [-0.39, 0.29) is 18.0 Å². The molecule has 0 bridgehead atoms. The van der Waals surface area contributed by atoms with Gasteiger partial charge in [-0.05, 0) is 17.7 Å². The van der Waals surface area contributed by atoms with Crippen LogP contribution in [-0.4, -0.2) is 20.8 Å². The molecule has 3 rings (SSSR count). The summed E-state index contributed by atoms with van der Waals surface area (Å²) in [5.41, 5.74) is 0.960. The summed E-state index contributed by atoms with van der Waals surface area (Å²) in [6.45, 7) is 6.40. The third-order valence-electron chi connectivity index (χ3n) is 4.15. The number of hydrogen-bond donors (Lipinski definition) is 1. The van der Waals surface area contributed by atoms with Gasteiger partial charge in [-0.2, -0.15) is 0 Å². The standard InChI is InChI=1S/C21H23N3O2/c1-21(2,3)20(26)24(13-15-9-5-4-6-10-15)14-18-22-17-12-8-7-11-16(17)19(25)23-18/h4-12H,13-14H2,1-3H3,(H,22,23,25). The summed E-state index contributed by atoms with van der Waals surface area (Å²) < 4.78 is 0. The number of para-hydroxylation sites is 1. The maximum Gasteiger partial charge on any atom is 0.258 e. The number of carbonyl (C=O) groups excluding carboxylic acids is 1. The second kappa shape index (κ2) is 7.12. The molecule has 0 aliphatic carbocycles. The van der Waals surface area contributed by atoms with Gasteiger partial charge in [0.15, 0.2) is 0 Å². The van der Waals surface area contributed by atoms with Crippen LogP contribution < -0.4 is 5.56 Å². The maximum absolute atomic E-state index is 12.9. The van der Waals surface area contributed by atoms with Gasteiger partial charge in [0.05, 0.1) is 17.4 Å². The van der Waals surface area contributed by atoms with E-state index in [1.165, 1.54) is 0 Å². The molecule has 0 aliphatic rings. The lowest BCUT2D eigenvalue weighted by atomic mass is 9.94. The van der Waals surface area contributed by atoms with Crippen molar-refractivity contribution in [1.82, 2.24) is 14.9 Å². The number of carbonyl (C=O) groups is 1. The number of hydrogen-bond acceptors (Lipinski definition) is 3. The third-order valence-corrected chi connectivity index (χ3v) is 4.15. The molecule has 3 aromatic rings. The van der Waals surface area contributed by atoms with Gasteiger partial charge in [0.2, 0.25) is 5.91 Å². The van der Waals surface area contributed by atoms with E-state index < -0.39 is 5.41 Å². The van der Waals surface area contributed by atoms with Gasteiger partial charge in [0, 0.05) is 12.0 Å². The van der Waals surface area contributed by atoms with Crippen molar-refractivity contribution in [3.05, 3.63) is 76.3 Å². The minimum atomic E-state index is -0.522. The summed E-state index contributed by atoms with van der Waals surface area (Å²) in [5.74, 6) is 0.499. The number of rotatable bonds is 4. The summed E-state index contributed by atoms with van der Waals surface area (Å²) >= 11 is 0. The Labute approximate surface area is 152 Å². The summed E-state index contributed by atoms with van der Waals surface area (Å²) in [6.07, 6.45) is 0. The Bertz CT molecular complexity index is 972. The van der Waals surface area contributed by atoms with Crippen LogP contribution in [0.25, 0.3) is 10.9 Å². The van der Waals surface area contributed by atoms with Crippen molar-refractivity contribution in [1.29, 1.82) is 0 Å². The van der Waals surface area contributed by atoms with Crippen LogP contribution in [0.4, 0.5) is 0 Å². The molecule has 5 nitrogen and oxygen atoms in total. The van der Waals surface area contributed by atoms with Crippen molar-refractivity contribution in [2.24, 2.45) is 5.41 Å². The number of nitrogens with one attached hydrogen (secondary N) is 1. The van der Waals surface area contributed by atoms with Crippen LogP contribution in [0.3, 0.4) is 0 Å². The monoisotopic (exact) mass is 349 g/mol. The summed E-state index contributed by atoms with van der Waals surface area (Å²) in [7, 11) is 0. The molecule has 0 spiro atoms. The molecule has 0 fully saturated rings. The normalized spacial score (nSPS) is 11.5. The van der Waals surface area contributed by atoms with Crippen molar-refractivity contribution in [3.63, 3.8) is 0 Å². The topological polar surface area (TPSA) is 66.1 Å². The van der Waals surface area contributed by atoms with Gasteiger partial charge in [-0.25, -0.2) is 4.98 Å². The largest absolute Gasteiger partial charge is 0.330 e. The van der Waals surface area contributed by atoms with Crippen molar-refractivity contribution >= 4 is 16.8 Å². The summed E-state index contributed by atoms with van der Waals surface area (Å²) in [5, 5.41) is 0.549. The number of aromatic amines is 1. The predicted molar refractivity (Wildman–Crippen MR) is 103 cm³/mol. The highest BCUT2D eigenvalue weighted by Crippen LogP contribution is 2.21. The van der Waals surface area contributed by atoms with Gasteiger partial charge in [0.1, 0.15) is 5.82 Å². The third kappa shape index (κ3) is 3.99. The van der Waals surface area contributed by atoms with Gasteiger partial charge in [-0.3, -0.25) is 9.59 Å². The van der Waals surface area contributed by atoms with Crippen LogP contribution >= 0.6 is 0 Å². The van der Waals surface area contributed by atoms with E-state index in [4.69, 9.17) is 0 Å². The zero-order chi connectivity index (χ0) is 18.7. The van der Waals surface area contributed by atoms with Crippen LogP contribution in [0.15, 0.2) is 59.4 Å². The zero-order valence-corrected chi connectivity index (χ0v) is 15.3. The van der Waals surface area contributed by atoms with Gasteiger partial charge in [0.25, 0.3) is 5.56 Å². The van der Waals surface area contributed by atoms with Crippen LogP contribution in [0.5, 0.6) is 0 Å². The van der Waals surface area contributed by atoms with Gasteiger partial charge in [-0.1, -0.05) is 63.2 Å². The lowest BCUT2D eigenvalue weighted by Gasteiger charge is -2.29. The van der Waals surface area contributed by atoms with E-state index in [1.807, 2.05) is 63.2 Å².